The number of carbonyl (C=O) groups is 2. The fourth-order valence-corrected chi connectivity index (χ4v) is 5.61. The Morgan fingerprint density at radius 3 is 2.45 bits per heavy atom. The van der Waals surface area contributed by atoms with E-state index in [9.17, 15) is 27.9 Å². The second-order valence-electron chi connectivity index (χ2n) is 9.70. The Hall–Kier alpha value is -3.43. The van der Waals surface area contributed by atoms with Gasteiger partial charge < -0.3 is 15.3 Å². The van der Waals surface area contributed by atoms with Crippen molar-refractivity contribution >= 4 is 29.1 Å². The highest BCUT2D eigenvalue weighted by Gasteiger charge is 2.52. The van der Waals surface area contributed by atoms with Crippen molar-refractivity contribution < 1.29 is 27.9 Å². The number of nitrogens with zero attached hydrogens (tertiary/aromatic N) is 2. The van der Waals surface area contributed by atoms with Crippen LogP contribution in [0.15, 0.2) is 60.8 Å². The molecule has 2 N–H and O–H groups in total. The van der Waals surface area contributed by atoms with Crippen LogP contribution in [0.1, 0.15) is 59.3 Å². The number of nitrogens with one attached hydrogen (secondary N) is 1. The Bertz CT molecular complexity index is 1380. The van der Waals surface area contributed by atoms with Crippen LogP contribution in [0, 0.1) is 11.7 Å². The first-order valence-corrected chi connectivity index (χ1v) is 12.7. The van der Waals surface area contributed by atoms with Gasteiger partial charge in [0.05, 0.1) is 16.3 Å². The van der Waals surface area contributed by atoms with Gasteiger partial charge in [0, 0.05) is 29.9 Å². The standard InChI is InChI=1S/C28H25ClF3N3O3/c29-17-13-19(24(25(31)32)33-14-17)26(36)34-18-11-9-16(10-12-18)15-35-23-8-4-2-6-21(23)28(38,27(35)37)20-5-1-3-7-22(20)30/h1-8,13-14,16,18,25,38H,9-12,15H2,(H,34,36). The van der Waals surface area contributed by atoms with Gasteiger partial charge in [-0.15, -0.1) is 0 Å². The molecule has 2 amide bonds. The zero-order chi connectivity index (χ0) is 27.0. The van der Waals surface area contributed by atoms with E-state index in [2.05, 4.69) is 10.3 Å². The number of benzene rings is 2. The molecular formula is C28H25ClF3N3O3. The number of anilines is 1. The first-order valence-electron chi connectivity index (χ1n) is 12.3. The molecule has 1 saturated carbocycles. The topological polar surface area (TPSA) is 82.5 Å². The first-order chi connectivity index (χ1) is 18.2. The molecule has 2 aromatic carbocycles. The van der Waals surface area contributed by atoms with E-state index in [1.54, 1.807) is 30.3 Å². The molecule has 1 fully saturated rings. The SMILES string of the molecule is O=C(NC1CCC(CN2C(=O)C(O)(c3ccccc3F)c3ccccc32)CC1)c1cc(Cl)cnc1C(F)F. The molecule has 6 nitrogen and oxygen atoms in total. The maximum atomic E-state index is 14.7. The Labute approximate surface area is 222 Å². The van der Waals surface area contributed by atoms with Crippen molar-refractivity contribution in [2.75, 3.05) is 11.4 Å². The van der Waals surface area contributed by atoms with Crippen LogP contribution in [0.4, 0.5) is 18.9 Å². The van der Waals surface area contributed by atoms with E-state index < -0.39 is 35.4 Å². The number of aromatic nitrogens is 1. The van der Waals surface area contributed by atoms with Gasteiger partial charge in [0.15, 0.2) is 5.60 Å². The van der Waals surface area contributed by atoms with Gasteiger partial charge in [0.1, 0.15) is 11.5 Å². The largest absolute Gasteiger partial charge is 0.372 e. The van der Waals surface area contributed by atoms with Gasteiger partial charge in [-0.2, -0.15) is 0 Å². The maximum Gasteiger partial charge on any atom is 0.281 e. The number of carbonyl (C=O) groups excluding carboxylic acids is 2. The average Bonchev–Trinajstić information content (AvgIpc) is 3.12. The molecule has 2 aliphatic rings. The van der Waals surface area contributed by atoms with E-state index in [0.717, 1.165) is 6.20 Å². The number of para-hydroxylation sites is 1. The molecule has 1 atom stereocenters. The summed E-state index contributed by atoms with van der Waals surface area (Å²) < 4.78 is 41.3. The highest BCUT2D eigenvalue weighted by Crippen LogP contribution is 2.45. The molecule has 0 spiro atoms. The zero-order valence-corrected chi connectivity index (χ0v) is 21.0. The minimum Gasteiger partial charge on any atom is -0.372 e. The molecule has 1 aliphatic carbocycles. The summed E-state index contributed by atoms with van der Waals surface area (Å²) in [7, 11) is 0. The summed E-state index contributed by atoms with van der Waals surface area (Å²) >= 11 is 5.87. The predicted molar refractivity (Wildman–Crippen MR) is 136 cm³/mol. The molecule has 10 heteroatoms. The molecule has 1 aromatic heterocycles. The van der Waals surface area contributed by atoms with Crippen LogP contribution in [-0.2, 0) is 10.4 Å². The maximum absolute atomic E-state index is 14.7. The third kappa shape index (κ3) is 4.65. The number of fused-ring (bicyclic) bond motifs is 1. The van der Waals surface area contributed by atoms with E-state index in [4.69, 9.17) is 11.6 Å². The van der Waals surface area contributed by atoms with E-state index in [1.807, 2.05) is 0 Å². The van der Waals surface area contributed by atoms with E-state index in [1.165, 1.54) is 29.2 Å². The molecule has 3 aromatic rings. The zero-order valence-electron chi connectivity index (χ0n) is 20.2. The van der Waals surface area contributed by atoms with Crippen molar-refractivity contribution in [2.24, 2.45) is 5.92 Å². The summed E-state index contributed by atoms with van der Waals surface area (Å²) in [6.45, 7) is 0.320. The lowest BCUT2D eigenvalue weighted by atomic mass is 9.85. The van der Waals surface area contributed by atoms with Crippen LogP contribution in [0.2, 0.25) is 5.02 Å². The third-order valence-electron chi connectivity index (χ3n) is 7.36. The van der Waals surface area contributed by atoms with Crippen LogP contribution in [-0.4, -0.2) is 34.5 Å². The third-order valence-corrected chi connectivity index (χ3v) is 7.57. The van der Waals surface area contributed by atoms with Gasteiger partial charge in [0.25, 0.3) is 18.2 Å². The first kappa shape index (κ1) is 26.2. The minimum atomic E-state index is -2.91. The van der Waals surface area contributed by atoms with Crippen molar-refractivity contribution in [3.8, 4) is 0 Å². The molecule has 38 heavy (non-hydrogen) atoms. The molecule has 0 saturated heterocycles. The summed E-state index contributed by atoms with van der Waals surface area (Å²) in [6.07, 6.45) is 0.642. The second-order valence-corrected chi connectivity index (χ2v) is 10.1. The molecule has 5 rings (SSSR count). The fraction of sp³-hybridized carbons (Fsp3) is 0.321. The van der Waals surface area contributed by atoms with E-state index in [0.29, 0.717) is 43.5 Å². The number of aliphatic hydroxyl groups is 1. The van der Waals surface area contributed by atoms with Crippen molar-refractivity contribution in [3.63, 3.8) is 0 Å². The van der Waals surface area contributed by atoms with Crippen molar-refractivity contribution in [1.29, 1.82) is 0 Å². The molecule has 1 unspecified atom stereocenters. The van der Waals surface area contributed by atoms with Gasteiger partial charge in [-0.05, 0) is 49.8 Å². The lowest BCUT2D eigenvalue weighted by Gasteiger charge is -2.32. The van der Waals surface area contributed by atoms with Gasteiger partial charge >= 0.3 is 0 Å². The number of rotatable bonds is 6. The summed E-state index contributed by atoms with van der Waals surface area (Å²) in [6, 6.07) is 13.5. The summed E-state index contributed by atoms with van der Waals surface area (Å²) in [5.41, 5.74) is -2.21. The Balaban J connectivity index is 1.27. The number of hydrogen-bond acceptors (Lipinski definition) is 4. The van der Waals surface area contributed by atoms with Crippen molar-refractivity contribution in [1.82, 2.24) is 10.3 Å². The van der Waals surface area contributed by atoms with Crippen molar-refractivity contribution in [3.05, 3.63) is 94.0 Å². The molecule has 0 radical (unpaired) electrons. The minimum absolute atomic E-state index is 0.0626. The summed E-state index contributed by atoms with van der Waals surface area (Å²) in [5, 5.41) is 14.4. The summed E-state index contributed by atoms with van der Waals surface area (Å²) in [5.74, 6) is -1.86. The number of amides is 2. The summed E-state index contributed by atoms with van der Waals surface area (Å²) in [4.78, 5) is 31.4. The molecule has 1 aliphatic heterocycles. The van der Waals surface area contributed by atoms with Crippen LogP contribution in [0.5, 0.6) is 0 Å². The fourth-order valence-electron chi connectivity index (χ4n) is 5.45. The van der Waals surface area contributed by atoms with Gasteiger partial charge in [-0.3, -0.25) is 14.6 Å². The van der Waals surface area contributed by atoms with Gasteiger partial charge in [-0.25, -0.2) is 13.2 Å². The van der Waals surface area contributed by atoms with Crippen LogP contribution in [0.25, 0.3) is 0 Å². The smallest absolute Gasteiger partial charge is 0.281 e. The Morgan fingerprint density at radius 2 is 1.76 bits per heavy atom. The lowest BCUT2D eigenvalue weighted by Crippen LogP contribution is -2.45. The average molecular weight is 544 g/mol. The Kier molecular flexibility index (Phi) is 7.15. The normalized spacial score (nSPS) is 23.0. The molecule has 2 heterocycles. The van der Waals surface area contributed by atoms with Gasteiger partial charge in [-0.1, -0.05) is 48.0 Å². The van der Waals surface area contributed by atoms with E-state index in [-0.39, 0.29) is 28.1 Å². The Morgan fingerprint density at radius 1 is 1.11 bits per heavy atom. The van der Waals surface area contributed by atoms with Crippen LogP contribution >= 0.6 is 11.6 Å². The van der Waals surface area contributed by atoms with Crippen LogP contribution in [0.3, 0.4) is 0 Å². The van der Waals surface area contributed by atoms with Gasteiger partial charge in [0.2, 0.25) is 0 Å². The molecule has 198 valence electrons. The number of alkyl halides is 2. The number of hydrogen-bond donors (Lipinski definition) is 2. The highest BCUT2D eigenvalue weighted by molar-refractivity contribution is 6.30. The monoisotopic (exact) mass is 543 g/mol. The molecular weight excluding hydrogens is 519 g/mol. The highest BCUT2D eigenvalue weighted by atomic mass is 35.5. The quantitative estimate of drug-likeness (QED) is 0.437. The van der Waals surface area contributed by atoms with Crippen LogP contribution < -0.4 is 10.2 Å². The van der Waals surface area contributed by atoms with E-state index >= 15 is 0 Å². The molecule has 0 bridgehead atoms. The lowest BCUT2D eigenvalue weighted by molar-refractivity contribution is -0.132. The number of halogens is 4. The number of pyridine rings is 1. The predicted octanol–water partition coefficient (Wildman–Crippen LogP) is 5.38. The second kappa shape index (κ2) is 10.4. The van der Waals surface area contributed by atoms with Crippen molar-refractivity contribution in [2.45, 2.75) is 43.8 Å².